The van der Waals surface area contributed by atoms with E-state index in [1.165, 1.54) is 65.3 Å². The third-order valence-electron chi connectivity index (χ3n) is 11.6. The van der Waals surface area contributed by atoms with Gasteiger partial charge in [0.2, 0.25) is 15.9 Å². The summed E-state index contributed by atoms with van der Waals surface area (Å²) >= 11 is 17.5. The maximum Gasteiger partial charge on any atom is 0.227 e. The average Bonchev–Trinajstić information content (AvgIpc) is 3.39. The molecule has 2 aromatic heterocycles. The first-order valence-electron chi connectivity index (χ1n) is 21.9. The molecular weight excluding hydrogens is 899 g/mol. The van der Waals surface area contributed by atoms with E-state index in [2.05, 4.69) is 182 Å². The maximum atomic E-state index is 6.24. The SMILES string of the molecule is Cc1ccc(-c2cc3ccccc3c3ccccc23)cc1.Clc1nc(-c2ccccc2)nc(-c2ccc(-c3cc4ccccc4c4ccccc34)cc2)n1.Clc1nc(Cl)nc(-c2ccccc2)n1. The van der Waals surface area contributed by atoms with Crippen molar-refractivity contribution in [2.45, 2.75) is 6.92 Å². The molecule has 6 nitrogen and oxygen atoms in total. The van der Waals surface area contributed by atoms with E-state index in [4.69, 9.17) is 34.8 Å². The lowest BCUT2D eigenvalue weighted by atomic mass is 9.93. The van der Waals surface area contributed by atoms with Gasteiger partial charge in [-0.1, -0.05) is 212 Å². The van der Waals surface area contributed by atoms with Gasteiger partial charge < -0.3 is 0 Å². The van der Waals surface area contributed by atoms with Crippen LogP contribution in [0.3, 0.4) is 0 Å². The first kappa shape index (κ1) is 44.0. The summed E-state index contributed by atoms with van der Waals surface area (Å²) in [6, 6.07) is 75.3. The quantitative estimate of drug-likeness (QED) is 0.160. The summed E-state index contributed by atoms with van der Waals surface area (Å²) in [6.45, 7) is 2.13. The van der Waals surface area contributed by atoms with Crippen LogP contribution in [0.15, 0.2) is 218 Å². The molecule has 12 aromatic rings. The van der Waals surface area contributed by atoms with Gasteiger partial charge in [0.15, 0.2) is 17.5 Å². The summed E-state index contributed by atoms with van der Waals surface area (Å²) in [7, 11) is 0. The van der Waals surface area contributed by atoms with E-state index in [9.17, 15) is 0 Å². The molecule has 68 heavy (non-hydrogen) atoms. The van der Waals surface area contributed by atoms with E-state index in [0.29, 0.717) is 17.5 Å². The zero-order valence-electron chi connectivity index (χ0n) is 36.6. The summed E-state index contributed by atoms with van der Waals surface area (Å²) in [4.78, 5) is 24.9. The lowest BCUT2D eigenvalue weighted by Crippen LogP contribution is -1.97. The molecule has 0 amide bonds. The number of aryl methyl sites for hydroxylation is 1. The van der Waals surface area contributed by atoms with Crippen LogP contribution in [0.25, 0.3) is 99.5 Å². The van der Waals surface area contributed by atoms with E-state index in [0.717, 1.165) is 22.3 Å². The predicted molar refractivity (Wildman–Crippen MR) is 283 cm³/mol. The summed E-state index contributed by atoms with van der Waals surface area (Å²) < 4.78 is 0. The van der Waals surface area contributed by atoms with Gasteiger partial charge in [0, 0.05) is 16.7 Å². The van der Waals surface area contributed by atoms with E-state index in [1.807, 2.05) is 72.8 Å². The highest BCUT2D eigenvalue weighted by Crippen LogP contribution is 2.37. The molecule has 10 aromatic carbocycles. The number of fused-ring (bicyclic) bond motifs is 6. The van der Waals surface area contributed by atoms with Crippen LogP contribution >= 0.6 is 34.8 Å². The zero-order valence-corrected chi connectivity index (χ0v) is 38.9. The molecule has 326 valence electrons. The van der Waals surface area contributed by atoms with Crippen LogP contribution in [0.2, 0.25) is 15.9 Å². The lowest BCUT2D eigenvalue weighted by molar-refractivity contribution is 1.06. The van der Waals surface area contributed by atoms with Gasteiger partial charge in [-0.15, -0.1) is 0 Å². The van der Waals surface area contributed by atoms with Gasteiger partial charge in [-0.05, 0) is 119 Å². The van der Waals surface area contributed by atoms with E-state index >= 15 is 0 Å². The van der Waals surface area contributed by atoms with Gasteiger partial charge in [0.05, 0.1) is 0 Å². The molecule has 0 N–H and O–H groups in total. The number of halogens is 3. The Morgan fingerprint density at radius 2 is 0.574 bits per heavy atom. The normalized spacial score (nSPS) is 10.9. The molecule has 0 aliphatic heterocycles. The summed E-state index contributed by atoms with van der Waals surface area (Å²) in [5.74, 6) is 1.61. The van der Waals surface area contributed by atoms with E-state index < -0.39 is 0 Å². The van der Waals surface area contributed by atoms with Crippen molar-refractivity contribution in [2.24, 2.45) is 0 Å². The van der Waals surface area contributed by atoms with Crippen LogP contribution in [0.1, 0.15) is 5.56 Å². The van der Waals surface area contributed by atoms with Crippen LogP contribution in [0, 0.1) is 6.92 Å². The molecule has 0 atom stereocenters. The monoisotopic (exact) mass is 936 g/mol. The molecule has 0 spiro atoms. The molecule has 0 aliphatic carbocycles. The van der Waals surface area contributed by atoms with Crippen molar-refractivity contribution in [1.82, 2.24) is 29.9 Å². The minimum Gasteiger partial charge on any atom is -0.208 e. The van der Waals surface area contributed by atoms with Crippen molar-refractivity contribution in [1.29, 1.82) is 0 Å². The molecular formula is C59H39Cl3N6. The number of hydrogen-bond acceptors (Lipinski definition) is 6. The molecule has 0 unspecified atom stereocenters. The van der Waals surface area contributed by atoms with Crippen LogP contribution in [-0.4, -0.2) is 29.9 Å². The first-order valence-corrected chi connectivity index (χ1v) is 23.1. The largest absolute Gasteiger partial charge is 0.227 e. The Balaban J connectivity index is 0.000000131. The summed E-state index contributed by atoms with van der Waals surface area (Å²) in [5.41, 5.74) is 8.89. The standard InChI is InChI=1S/C29H18ClN3.C21H16.C9H5Cl2N3/c30-29-32-27(20-8-2-1-3-9-20)31-28(33-29)21-16-14-19(15-17-21)26-18-22-10-4-5-11-23(22)24-12-6-7-13-25(24)26;1-15-10-12-16(13-11-15)21-14-17-6-2-3-7-18(17)19-8-4-5-9-20(19)21;10-8-12-7(13-9(11)14-8)6-4-2-1-3-5-6/h1-18H;2-14H,1H3;1-5H. The fourth-order valence-electron chi connectivity index (χ4n) is 8.36. The molecule has 0 fully saturated rings. The van der Waals surface area contributed by atoms with Gasteiger partial charge in [-0.2, -0.15) is 24.9 Å². The fraction of sp³-hybridized carbons (Fsp3) is 0.0169. The minimum absolute atomic E-state index is 0.101. The topological polar surface area (TPSA) is 77.3 Å². The molecule has 0 saturated heterocycles. The number of benzene rings is 10. The second-order valence-corrected chi connectivity index (χ2v) is 17.0. The van der Waals surface area contributed by atoms with Crippen molar-refractivity contribution in [3.63, 3.8) is 0 Å². The molecule has 9 heteroatoms. The van der Waals surface area contributed by atoms with Crippen molar-refractivity contribution < 1.29 is 0 Å². The first-order chi connectivity index (χ1) is 33.3. The Labute approximate surface area is 408 Å². The van der Waals surface area contributed by atoms with Crippen molar-refractivity contribution in [3.8, 4) is 56.4 Å². The third kappa shape index (κ3) is 9.66. The Morgan fingerprint density at radius 3 is 1.01 bits per heavy atom. The second-order valence-electron chi connectivity index (χ2n) is 16.0. The van der Waals surface area contributed by atoms with Gasteiger partial charge in [-0.3, -0.25) is 0 Å². The van der Waals surface area contributed by atoms with Crippen molar-refractivity contribution >= 4 is 77.9 Å². The number of nitrogens with zero attached hydrogens (tertiary/aromatic N) is 6. The molecule has 12 rings (SSSR count). The van der Waals surface area contributed by atoms with E-state index in [-0.39, 0.29) is 15.9 Å². The van der Waals surface area contributed by atoms with Gasteiger partial charge in [0.1, 0.15) is 0 Å². The van der Waals surface area contributed by atoms with Gasteiger partial charge in [0.25, 0.3) is 0 Å². The highest BCUT2D eigenvalue weighted by Gasteiger charge is 2.13. The van der Waals surface area contributed by atoms with Crippen molar-refractivity contribution in [2.75, 3.05) is 0 Å². The van der Waals surface area contributed by atoms with Crippen molar-refractivity contribution in [3.05, 3.63) is 240 Å². The molecule has 2 heterocycles. The zero-order chi connectivity index (χ0) is 46.4. The van der Waals surface area contributed by atoms with Crippen LogP contribution in [-0.2, 0) is 0 Å². The fourth-order valence-corrected chi connectivity index (χ4v) is 8.88. The second kappa shape index (κ2) is 19.9. The lowest BCUT2D eigenvalue weighted by Gasteiger charge is -2.11. The smallest absolute Gasteiger partial charge is 0.208 e. The summed E-state index contributed by atoms with van der Waals surface area (Å²) in [6.07, 6.45) is 0. The number of hydrogen-bond donors (Lipinski definition) is 0. The van der Waals surface area contributed by atoms with Gasteiger partial charge in [-0.25, -0.2) is 4.98 Å². The Hall–Kier alpha value is -7.87. The predicted octanol–water partition coefficient (Wildman–Crippen LogP) is 16.6. The molecule has 0 bridgehead atoms. The van der Waals surface area contributed by atoms with Crippen LogP contribution in [0.5, 0.6) is 0 Å². The minimum atomic E-state index is 0.101. The number of rotatable bonds is 5. The summed E-state index contributed by atoms with van der Waals surface area (Å²) in [5, 5.41) is 10.6. The third-order valence-corrected chi connectivity index (χ3v) is 12.1. The molecule has 0 radical (unpaired) electrons. The highest BCUT2D eigenvalue weighted by molar-refractivity contribution is 6.31. The Bertz CT molecular complexity index is 3700. The van der Waals surface area contributed by atoms with Crippen LogP contribution in [0.4, 0.5) is 0 Å². The van der Waals surface area contributed by atoms with Gasteiger partial charge >= 0.3 is 0 Å². The van der Waals surface area contributed by atoms with Crippen LogP contribution < -0.4 is 0 Å². The van der Waals surface area contributed by atoms with E-state index in [1.54, 1.807) is 0 Å². The Kier molecular flexibility index (Phi) is 12.9. The highest BCUT2D eigenvalue weighted by atomic mass is 35.5. The molecule has 0 saturated carbocycles. The average molecular weight is 938 g/mol. The maximum absolute atomic E-state index is 6.24. The number of aromatic nitrogens is 6. The Morgan fingerprint density at radius 1 is 0.265 bits per heavy atom. The molecule has 0 aliphatic rings.